The lowest BCUT2D eigenvalue weighted by atomic mass is 9.52. The van der Waals surface area contributed by atoms with Gasteiger partial charge in [0, 0.05) is 23.9 Å². The SMILES string of the molecule is Cc1cc(Nc2cc(C3=CCOCC3)nc(NC3C4CC5CC3CC(OC(=O)C(F)(F)F)(C5)C4)n2)n[nH]1. The highest BCUT2D eigenvalue weighted by atomic mass is 19.4. The second-order valence-corrected chi connectivity index (χ2v) is 10.8. The first kappa shape index (κ1) is 24.2. The zero-order valence-corrected chi connectivity index (χ0v) is 20.4. The Bertz CT molecular complexity index is 1210. The van der Waals surface area contributed by atoms with Gasteiger partial charge in [0.15, 0.2) is 5.82 Å². The summed E-state index contributed by atoms with van der Waals surface area (Å²) in [5, 5.41) is 13.9. The second kappa shape index (κ2) is 9.00. The number of aryl methyl sites for hydroxylation is 1. The predicted molar refractivity (Wildman–Crippen MR) is 128 cm³/mol. The summed E-state index contributed by atoms with van der Waals surface area (Å²) in [6.07, 6.45) is 0.885. The fourth-order valence-corrected chi connectivity index (χ4v) is 6.83. The van der Waals surface area contributed by atoms with Crippen molar-refractivity contribution in [3.05, 3.63) is 29.6 Å². The number of hydrogen-bond donors (Lipinski definition) is 3. The van der Waals surface area contributed by atoms with Crippen molar-refractivity contribution in [3.63, 3.8) is 0 Å². The number of alkyl halides is 3. The topological polar surface area (TPSA) is 114 Å². The fraction of sp³-hybridized carbons (Fsp3) is 0.600. The van der Waals surface area contributed by atoms with E-state index in [1.807, 2.05) is 25.1 Å². The number of anilines is 3. The molecule has 3 N–H and O–H groups in total. The lowest BCUT2D eigenvalue weighted by Crippen LogP contribution is -2.61. The molecule has 4 saturated carbocycles. The summed E-state index contributed by atoms with van der Waals surface area (Å²) in [6.45, 7) is 3.05. The maximum atomic E-state index is 13.0. The number of aromatic amines is 1. The maximum Gasteiger partial charge on any atom is 0.490 e. The third-order valence-corrected chi connectivity index (χ3v) is 8.03. The quantitative estimate of drug-likeness (QED) is 0.479. The van der Waals surface area contributed by atoms with Crippen LogP contribution < -0.4 is 10.6 Å². The zero-order chi connectivity index (χ0) is 25.8. The Morgan fingerprint density at radius 3 is 2.59 bits per heavy atom. The third-order valence-electron chi connectivity index (χ3n) is 8.03. The molecule has 5 aliphatic rings. The molecule has 9 nitrogen and oxygen atoms in total. The summed E-state index contributed by atoms with van der Waals surface area (Å²) in [6, 6.07) is 3.75. The van der Waals surface area contributed by atoms with Crippen LogP contribution in [0, 0.1) is 24.7 Å². The summed E-state index contributed by atoms with van der Waals surface area (Å²) in [7, 11) is 0. The van der Waals surface area contributed by atoms with Gasteiger partial charge < -0.3 is 20.1 Å². The number of rotatable bonds is 6. The van der Waals surface area contributed by atoms with E-state index in [-0.39, 0.29) is 23.8 Å². The van der Waals surface area contributed by atoms with Gasteiger partial charge in [-0.15, -0.1) is 0 Å². The van der Waals surface area contributed by atoms with Crippen LogP contribution in [0.2, 0.25) is 0 Å². The number of aromatic nitrogens is 4. The average molecular weight is 519 g/mol. The highest BCUT2D eigenvalue weighted by Gasteiger charge is 2.59. The minimum atomic E-state index is -4.98. The van der Waals surface area contributed by atoms with Crippen molar-refractivity contribution in [2.45, 2.75) is 63.3 Å². The molecule has 0 spiro atoms. The number of hydrogen-bond acceptors (Lipinski definition) is 8. The molecule has 0 aromatic carbocycles. The number of nitrogens with one attached hydrogen (secondary N) is 3. The van der Waals surface area contributed by atoms with E-state index >= 15 is 0 Å². The number of carbonyl (C=O) groups is 1. The molecule has 37 heavy (non-hydrogen) atoms. The monoisotopic (exact) mass is 518 g/mol. The Morgan fingerprint density at radius 1 is 1.16 bits per heavy atom. The standard InChI is InChI=1S/C25H29F3N6O3/c1-13-6-20(34-33-13)30-19-9-18(15-2-4-36-5-3-15)29-23(31-19)32-21-16-7-14-8-17(21)12-24(10-14,11-16)37-22(35)25(26,27)28/h2,6,9,14,16-17,21H,3-5,7-8,10-12H2,1H3,(H3,29,30,31,32,33,34). The molecule has 12 heteroatoms. The van der Waals surface area contributed by atoms with Crippen LogP contribution in [0.3, 0.4) is 0 Å². The van der Waals surface area contributed by atoms with Gasteiger partial charge in [-0.3, -0.25) is 5.10 Å². The number of esters is 1. The van der Waals surface area contributed by atoms with Crippen molar-refractivity contribution in [2.75, 3.05) is 23.8 Å². The second-order valence-electron chi connectivity index (χ2n) is 10.8. The van der Waals surface area contributed by atoms with Gasteiger partial charge in [0.2, 0.25) is 5.95 Å². The molecule has 2 atom stereocenters. The van der Waals surface area contributed by atoms with Crippen LogP contribution in [-0.4, -0.2) is 57.2 Å². The van der Waals surface area contributed by atoms with Gasteiger partial charge in [-0.2, -0.15) is 23.3 Å². The van der Waals surface area contributed by atoms with Crippen LogP contribution in [0.5, 0.6) is 0 Å². The fourth-order valence-electron chi connectivity index (χ4n) is 6.83. The van der Waals surface area contributed by atoms with E-state index in [9.17, 15) is 18.0 Å². The van der Waals surface area contributed by atoms with Crippen molar-refractivity contribution < 1.29 is 27.4 Å². The highest BCUT2D eigenvalue weighted by molar-refractivity contribution is 5.76. The Labute approximate surface area is 211 Å². The summed E-state index contributed by atoms with van der Waals surface area (Å²) < 4.78 is 49.5. The van der Waals surface area contributed by atoms with Crippen LogP contribution in [0.4, 0.5) is 30.8 Å². The molecule has 0 amide bonds. The normalized spacial score (nSPS) is 30.6. The summed E-state index contributed by atoms with van der Waals surface area (Å²) in [4.78, 5) is 21.2. The van der Waals surface area contributed by atoms with E-state index in [1.54, 1.807) is 0 Å². The molecular formula is C25H29F3N6O3. The Morgan fingerprint density at radius 2 is 1.95 bits per heavy atom. The van der Waals surface area contributed by atoms with Gasteiger partial charge in [0.1, 0.15) is 11.4 Å². The molecule has 2 unspecified atom stereocenters. The van der Waals surface area contributed by atoms with Crippen molar-refractivity contribution in [3.8, 4) is 0 Å². The first-order valence-electron chi connectivity index (χ1n) is 12.7. The minimum absolute atomic E-state index is 0.00587. The van der Waals surface area contributed by atoms with E-state index in [4.69, 9.17) is 19.4 Å². The molecule has 0 saturated heterocycles. The minimum Gasteiger partial charge on any atom is -0.452 e. The Kier molecular flexibility index (Phi) is 5.89. The predicted octanol–water partition coefficient (Wildman–Crippen LogP) is 4.52. The maximum absolute atomic E-state index is 13.0. The van der Waals surface area contributed by atoms with Crippen molar-refractivity contribution in [1.29, 1.82) is 0 Å². The van der Waals surface area contributed by atoms with Gasteiger partial charge in [-0.1, -0.05) is 6.08 Å². The van der Waals surface area contributed by atoms with Crippen LogP contribution in [-0.2, 0) is 14.3 Å². The lowest BCUT2D eigenvalue weighted by Gasteiger charge is -2.59. The molecule has 3 heterocycles. The molecule has 2 aromatic rings. The third kappa shape index (κ3) is 4.90. The summed E-state index contributed by atoms with van der Waals surface area (Å²) in [5.41, 5.74) is 1.74. The smallest absolute Gasteiger partial charge is 0.452 e. The van der Waals surface area contributed by atoms with Crippen LogP contribution in [0.25, 0.3) is 5.57 Å². The molecule has 4 fully saturated rings. The average Bonchev–Trinajstić information content (AvgIpc) is 3.25. The molecule has 0 radical (unpaired) electrons. The first-order valence-corrected chi connectivity index (χ1v) is 12.7. The number of carbonyl (C=O) groups excluding carboxylic acids is 1. The Balaban J connectivity index is 1.25. The number of halogens is 3. The Hall–Kier alpha value is -3.15. The van der Waals surface area contributed by atoms with Crippen molar-refractivity contribution in [2.24, 2.45) is 17.8 Å². The lowest BCUT2D eigenvalue weighted by molar-refractivity contribution is -0.231. The van der Waals surface area contributed by atoms with E-state index in [0.717, 1.165) is 36.2 Å². The van der Waals surface area contributed by atoms with Gasteiger partial charge >= 0.3 is 12.1 Å². The van der Waals surface area contributed by atoms with Crippen LogP contribution in [0.1, 0.15) is 49.9 Å². The van der Waals surface area contributed by atoms with Crippen molar-refractivity contribution >= 4 is 29.1 Å². The molecule has 2 aromatic heterocycles. The van der Waals surface area contributed by atoms with Crippen LogP contribution >= 0.6 is 0 Å². The largest absolute Gasteiger partial charge is 0.490 e. The molecule has 7 rings (SSSR count). The number of ether oxygens (including phenoxy) is 2. The van der Waals surface area contributed by atoms with Gasteiger partial charge in [0.05, 0.1) is 18.9 Å². The molecule has 198 valence electrons. The van der Waals surface area contributed by atoms with Crippen LogP contribution in [0.15, 0.2) is 18.2 Å². The van der Waals surface area contributed by atoms with E-state index in [0.29, 0.717) is 50.1 Å². The van der Waals surface area contributed by atoms with Gasteiger partial charge in [-0.05, 0) is 68.8 Å². The molecule has 4 bridgehead atoms. The van der Waals surface area contributed by atoms with Crippen molar-refractivity contribution in [1.82, 2.24) is 20.2 Å². The summed E-state index contributed by atoms with van der Waals surface area (Å²) in [5.74, 6) is 0.0150. The molecular weight excluding hydrogens is 489 g/mol. The van der Waals surface area contributed by atoms with Gasteiger partial charge in [0.25, 0.3) is 0 Å². The van der Waals surface area contributed by atoms with E-state index in [2.05, 4.69) is 20.8 Å². The van der Waals surface area contributed by atoms with E-state index < -0.39 is 17.7 Å². The molecule has 4 aliphatic carbocycles. The highest BCUT2D eigenvalue weighted by Crippen LogP contribution is 2.58. The number of nitrogens with zero attached hydrogens (tertiary/aromatic N) is 3. The summed E-state index contributed by atoms with van der Waals surface area (Å²) >= 11 is 0. The van der Waals surface area contributed by atoms with Gasteiger partial charge in [-0.25, -0.2) is 9.78 Å². The van der Waals surface area contributed by atoms with E-state index in [1.165, 1.54) is 0 Å². The number of H-pyrrole nitrogens is 1. The first-order chi connectivity index (χ1) is 17.7. The zero-order valence-electron chi connectivity index (χ0n) is 20.4. The molecule has 1 aliphatic heterocycles.